The van der Waals surface area contributed by atoms with Crippen LogP contribution in [0.15, 0.2) is 36.9 Å². The van der Waals surface area contributed by atoms with Gasteiger partial charge in [0.25, 0.3) is 0 Å². The number of esters is 1. The first kappa shape index (κ1) is 14.6. The van der Waals surface area contributed by atoms with Crippen molar-refractivity contribution in [2.24, 2.45) is 0 Å². The van der Waals surface area contributed by atoms with E-state index in [-0.39, 0.29) is 12.6 Å². The van der Waals surface area contributed by atoms with Gasteiger partial charge in [0.2, 0.25) is 0 Å². The number of nitrogens with zero attached hydrogens (tertiary/aromatic N) is 2. The highest BCUT2D eigenvalue weighted by atomic mass is 16.5. The average molecular weight is 274 g/mol. The molecule has 108 valence electrons. The van der Waals surface area contributed by atoms with Gasteiger partial charge in [-0.05, 0) is 30.8 Å². The van der Waals surface area contributed by atoms with E-state index in [9.17, 15) is 4.79 Å². The molecule has 20 heavy (non-hydrogen) atoms. The van der Waals surface area contributed by atoms with E-state index in [1.54, 1.807) is 6.08 Å². The molecule has 1 saturated heterocycles. The maximum Gasteiger partial charge on any atom is 0.338 e. The molecule has 0 aliphatic carbocycles. The zero-order valence-corrected chi connectivity index (χ0v) is 12.0. The van der Waals surface area contributed by atoms with Gasteiger partial charge in [0.1, 0.15) is 6.61 Å². The minimum Gasteiger partial charge on any atom is -0.458 e. The summed E-state index contributed by atoms with van der Waals surface area (Å²) < 4.78 is 5.01. The van der Waals surface area contributed by atoms with Crippen LogP contribution in [0, 0.1) is 0 Å². The van der Waals surface area contributed by atoms with Crippen molar-refractivity contribution in [3.63, 3.8) is 0 Å². The fourth-order valence-corrected chi connectivity index (χ4v) is 2.35. The molecule has 4 nitrogen and oxygen atoms in total. The molecule has 4 heteroatoms. The molecule has 1 aliphatic rings. The molecule has 0 saturated carbocycles. The molecule has 0 spiro atoms. The van der Waals surface area contributed by atoms with E-state index < -0.39 is 0 Å². The highest BCUT2D eigenvalue weighted by Gasteiger charge is 2.16. The lowest BCUT2D eigenvalue weighted by atomic mass is 10.2. The van der Waals surface area contributed by atoms with Crippen LogP contribution in [-0.4, -0.2) is 50.2 Å². The van der Waals surface area contributed by atoms with Gasteiger partial charge in [-0.1, -0.05) is 19.6 Å². The number of hydrogen-bond acceptors (Lipinski definition) is 4. The maximum atomic E-state index is 11.7. The molecule has 1 aromatic rings. The van der Waals surface area contributed by atoms with Crippen LogP contribution in [0.5, 0.6) is 0 Å². The van der Waals surface area contributed by atoms with E-state index in [2.05, 4.69) is 23.3 Å². The Hall–Kier alpha value is -1.81. The summed E-state index contributed by atoms with van der Waals surface area (Å²) in [4.78, 5) is 16.5. The third-order valence-corrected chi connectivity index (χ3v) is 3.62. The first-order chi connectivity index (χ1) is 9.74. The highest BCUT2D eigenvalue weighted by Crippen LogP contribution is 2.17. The lowest BCUT2D eigenvalue weighted by Crippen LogP contribution is -2.46. The minimum atomic E-state index is -0.299. The summed E-state index contributed by atoms with van der Waals surface area (Å²) in [6.07, 6.45) is 1.57. The number of carbonyl (C=O) groups excluding carboxylic acids is 1. The smallest absolute Gasteiger partial charge is 0.338 e. The maximum absolute atomic E-state index is 11.7. The van der Waals surface area contributed by atoms with Crippen molar-refractivity contribution >= 4 is 11.7 Å². The molecule has 0 aromatic heterocycles. The average Bonchev–Trinajstić information content (AvgIpc) is 2.53. The number of ether oxygens (including phenoxy) is 1. The fourth-order valence-electron chi connectivity index (χ4n) is 2.35. The normalized spacial score (nSPS) is 15.9. The van der Waals surface area contributed by atoms with Gasteiger partial charge < -0.3 is 14.5 Å². The molecule has 0 amide bonds. The summed E-state index contributed by atoms with van der Waals surface area (Å²) in [6.45, 7) is 11.3. The van der Waals surface area contributed by atoms with Gasteiger partial charge in [-0.2, -0.15) is 0 Å². The van der Waals surface area contributed by atoms with Gasteiger partial charge in [-0.15, -0.1) is 0 Å². The number of rotatable bonds is 5. The topological polar surface area (TPSA) is 32.8 Å². The predicted molar refractivity (Wildman–Crippen MR) is 81.2 cm³/mol. The molecule has 0 radical (unpaired) electrons. The van der Waals surface area contributed by atoms with Crippen LogP contribution >= 0.6 is 0 Å². The van der Waals surface area contributed by atoms with Gasteiger partial charge in [-0.25, -0.2) is 4.79 Å². The van der Waals surface area contributed by atoms with E-state index in [1.807, 2.05) is 24.3 Å². The Balaban J connectivity index is 1.94. The lowest BCUT2D eigenvalue weighted by Gasteiger charge is -2.35. The molecule has 1 fully saturated rings. The summed E-state index contributed by atoms with van der Waals surface area (Å²) in [5.74, 6) is -0.299. The van der Waals surface area contributed by atoms with Crippen LogP contribution in [0.4, 0.5) is 5.69 Å². The van der Waals surface area contributed by atoms with Crippen LogP contribution in [0.3, 0.4) is 0 Å². The van der Waals surface area contributed by atoms with E-state index in [4.69, 9.17) is 4.74 Å². The fraction of sp³-hybridized carbons (Fsp3) is 0.438. The van der Waals surface area contributed by atoms with Crippen molar-refractivity contribution in [3.05, 3.63) is 42.5 Å². The molecule has 0 N–H and O–H groups in total. The number of carbonyl (C=O) groups is 1. The lowest BCUT2D eigenvalue weighted by molar-refractivity contribution is 0.0550. The van der Waals surface area contributed by atoms with Crippen LogP contribution < -0.4 is 4.90 Å². The molecule has 2 rings (SSSR count). The van der Waals surface area contributed by atoms with Gasteiger partial charge in [0.15, 0.2) is 0 Å². The van der Waals surface area contributed by atoms with E-state index >= 15 is 0 Å². The minimum absolute atomic E-state index is 0.250. The van der Waals surface area contributed by atoms with Gasteiger partial charge >= 0.3 is 5.97 Å². The zero-order valence-electron chi connectivity index (χ0n) is 12.0. The van der Waals surface area contributed by atoms with Crippen molar-refractivity contribution < 1.29 is 9.53 Å². The van der Waals surface area contributed by atoms with Crippen molar-refractivity contribution in [1.29, 1.82) is 0 Å². The Bertz CT molecular complexity index is 448. The number of likely N-dealkylation sites (N-methyl/N-ethyl adjacent to an activating group) is 1. The van der Waals surface area contributed by atoms with Crippen LogP contribution in [0.1, 0.15) is 17.3 Å². The van der Waals surface area contributed by atoms with Crippen LogP contribution in [0.2, 0.25) is 0 Å². The summed E-state index contributed by atoms with van der Waals surface area (Å²) in [6, 6.07) is 7.64. The largest absolute Gasteiger partial charge is 0.458 e. The molecule has 1 heterocycles. The summed E-state index contributed by atoms with van der Waals surface area (Å²) in [5.41, 5.74) is 1.75. The third kappa shape index (κ3) is 3.61. The summed E-state index contributed by atoms with van der Waals surface area (Å²) >= 11 is 0. The predicted octanol–water partition coefficient (Wildman–Crippen LogP) is 2.17. The molecule has 0 bridgehead atoms. The van der Waals surface area contributed by atoms with Crippen LogP contribution in [0.25, 0.3) is 0 Å². The first-order valence-corrected chi connectivity index (χ1v) is 7.10. The number of benzene rings is 1. The van der Waals surface area contributed by atoms with Crippen molar-refractivity contribution in [2.45, 2.75) is 6.92 Å². The van der Waals surface area contributed by atoms with E-state index in [1.165, 1.54) is 5.69 Å². The Morgan fingerprint density at radius 1 is 1.25 bits per heavy atom. The van der Waals surface area contributed by atoms with Crippen molar-refractivity contribution in [1.82, 2.24) is 4.90 Å². The van der Waals surface area contributed by atoms with Gasteiger partial charge in [-0.3, -0.25) is 0 Å². The van der Waals surface area contributed by atoms with E-state index in [0.29, 0.717) is 5.56 Å². The van der Waals surface area contributed by atoms with E-state index in [0.717, 1.165) is 32.7 Å². The monoisotopic (exact) mass is 274 g/mol. The zero-order chi connectivity index (χ0) is 14.4. The number of hydrogen-bond donors (Lipinski definition) is 0. The molecule has 1 aliphatic heterocycles. The second-order valence-electron chi connectivity index (χ2n) is 4.86. The molecular formula is C16H22N2O2. The van der Waals surface area contributed by atoms with Gasteiger partial charge in [0, 0.05) is 31.9 Å². The quantitative estimate of drug-likeness (QED) is 0.608. The summed E-state index contributed by atoms with van der Waals surface area (Å²) in [7, 11) is 0. The van der Waals surface area contributed by atoms with Gasteiger partial charge in [0.05, 0.1) is 5.56 Å². The molecular weight excluding hydrogens is 252 g/mol. The van der Waals surface area contributed by atoms with Crippen molar-refractivity contribution in [2.75, 3.05) is 44.2 Å². The second kappa shape index (κ2) is 7.10. The second-order valence-corrected chi connectivity index (χ2v) is 4.86. The Morgan fingerprint density at radius 3 is 2.45 bits per heavy atom. The van der Waals surface area contributed by atoms with Crippen molar-refractivity contribution in [3.8, 4) is 0 Å². The Labute approximate surface area is 120 Å². The number of piperazine rings is 1. The first-order valence-electron chi connectivity index (χ1n) is 7.10. The molecule has 1 aromatic carbocycles. The Morgan fingerprint density at radius 2 is 1.90 bits per heavy atom. The SMILES string of the molecule is C=CCOC(=O)c1ccc(N2CCN(CC)CC2)cc1. The highest BCUT2D eigenvalue weighted by molar-refractivity contribution is 5.89. The molecule has 0 atom stereocenters. The third-order valence-electron chi connectivity index (χ3n) is 3.62. The summed E-state index contributed by atoms with van der Waals surface area (Å²) in [5, 5.41) is 0. The Kier molecular flexibility index (Phi) is 5.18. The van der Waals surface area contributed by atoms with Crippen LogP contribution in [-0.2, 0) is 4.74 Å². The standard InChI is InChI=1S/C16H22N2O2/c1-3-13-20-16(19)14-5-7-15(8-6-14)18-11-9-17(4-2)10-12-18/h3,5-8H,1,4,9-13H2,2H3. The number of anilines is 1. The molecule has 0 unspecified atom stereocenters.